The smallest absolute Gasteiger partial charge is 0.226 e. The average Bonchev–Trinajstić information content (AvgIpc) is 2.33. The number of fused-ring (bicyclic) bond motifs is 2. The summed E-state index contributed by atoms with van der Waals surface area (Å²) in [5.74, 6) is 0.960. The number of rotatable bonds is 5. The lowest BCUT2D eigenvalue weighted by Gasteiger charge is -2.58. The summed E-state index contributed by atoms with van der Waals surface area (Å²) in [5.41, 5.74) is -0.0965. The third kappa shape index (κ3) is 3.01. The maximum atomic E-state index is 12.7. The van der Waals surface area contributed by atoms with Crippen molar-refractivity contribution < 1.29 is 9.35 Å². The van der Waals surface area contributed by atoms with Gasteiger partial charge in [-0.1, -0.05) is 27.7 Å². The lowest BCUT2D eigenvalue weighted by atomic mass is 9.53. The van der Waals surface area contributed by atoms with Gasteiger partial charge in [0.1, 0.15) is 10.5 Å². The lowest BCUT2D eigenvalue weighted by molar-refractivity contribution is -0.142. The first-order chi connectivity index (χ1) is 9.23. The molecule has 0 aliphatic heterocycles. The summed E-state index contributed by atoms with van der Waals surface area (Å²) >= 11 is -0.804. The van der Waals surface area contributed by atoms with Crippen LogP contribution in [0.15, 0.2) is 0 Å². The Morgan fingerprint density at radius 2 is 1.95 bits per heavy atom. The minimum absolute atomic E-state index is 0.0604. The van der Waals surface area contributed by atoms with Gasteiger partial charge in [-0.15, -0.1) is 0 Å². The standard InChI is InChI=1S/C16H29NO2S/c1-5-9-17-13(18)15-7-6-8-16(10-15,11-15)20(19)12-14(2,3)4/h5-12H2,1-4H3,(H,17,18). The van der Waals surface area contributed by atoms with E-state index >= 15 is 0 Å². The molecule has 1 amide bonds. The molecule has 3 aliphatic rings. The Morgan fingerprint density at radius 3 is 2.50 bits per heavy atom. The van der Waals surface area contributed by atoms with Crippen LogP contribution in [0, 0.1) is 10.8 Å². The van der Waals surface area contributed by atoms with Crippen molar-refractivity contribution in [3.05, 3.63) is 0 Å². The highest BCUT2D eigenvalue weighted by atomic mass is 32.2. The Morgan fingerprint density at radius 1 is 1.30 bits per heavy atom. The molecule has 4 heteroatoms. The van der Waals surface area contributed by atoms with Crippen molar-refractivity contribution in [2.75, 3.05) is 12.3 Å². The van der Waals surface area contributed by atoms with Gasteiger partial charge >= 0.3 is 0 Å². The molecule has 0 aromatic carbocycles. The monoisotopic (exact) mass is 299 g/mol. The molecule has 0 saturated heterocycles. The van der Waals surface area contributed by atoms with E-state index in [1.807, 2.05) is 0 Å². The Bertz CT molecular complexity index is 369. The lowest BCUT2D eigenvalue weighted by Crippen LogP contribution is -2.65. The number of nitrogens with one attached hydrogen (secondary N) is 1. The number of amides is 1. The van der Waals surface area contributed by atoms with Gasteiger partial charge in [0.15, 0.2) is 0 Å². The minimum Gasteiger partial charge on any atom is -0.616 e. The van der Waals surface area contributed by atoms with E-state index in [1.54, 1.807) is 0 Å². The molecule has 0 radical (unpaired) electrons. The van der Waals surface area contributed by atoms with Crippen LogP contribution in [-0.2, 0) is 16.0 Å². The SMILES string of the molecule is CCCNC(=O)C12CCCC([S+]([O-])CC(C)(C)C)(C1)C2. The van der Waals surface area contributed by atoms with E-state index in [9.17, 15) is 9.35 Å². The fraction of sp³-hybridized carbons (Fsp3) is 0.938. The summed E-state index contributed by atoms with van der Waals surface area (Å²) < 4.78 is 12.7. The van der Waals surface area contributed by atoms with Crippen LogP contribution in [0.5, 0.6) is 0 Å². The van der Waals surface area contributed by atoms with Crippen molar-refractivity contribution in [3.63, 3.8) is 0 Å². The molecular weight excluding hydrogens is 270 g/mol. The summed E-state index contributed by atoms with van der Waals surface area (Å²) in [5, 5.41) is 3.05. The Hall–Kier alpha value is -0.220. The molecule has 0 heterocycles. The molecule has 1 atom stereocenters. The van der Waals surface area contributed by atoms with Crippen LogP contribution in [0.4, 0.5) is 0 Å². The molecule has 3 fully saturated rings. The van der Waals surface area contributed by atoms with E-state index < -0.39 is 11.2 Å². The molecule has 0 aromatic rings. The van der Waals surface area contributed by atoms with Crippen LogP contribution in [0.1, 0.15) is 66.2 Å². The van der Waals surface area contributed by atoms with E-state index in [-0.39, 0.29) is 21.5 Å². The topological polar surface area (TPSA) is 52.2 Å². The van der Waals surface area contributed by atoms with Gasteiger partial charge in [0.2, 0.25) is 5.91 Å². The van der Waals surface area contributed by atoms with Crippen molar-refractivity contribution in [2.45, 2.75) is 71.0 Å². The van der Waals surface area contributed by atoms with E-state index in [0.29, 0.717) is 0 Å². The molecule has 116 valence electrons. The maximum absolute atomic E-state index is 12.7. The highest BCUT2D eigenvalue weighted by molar-refractivity contribution is 7.92. The third-order valence-corrected chi connectivity index (χ3v) is 7.26. The molecule has 1 unspecified atom stereocenters. The summed E-state index contributed by atoms with van der Waals surface area (Å²) in [6.45, 7) is 9.26. The zero-order valence-corrected chi connectivity index (χ0v) is 14.2. The highest BCUT2D eigenvalue weighted by Crippen LogP contribution is 2.62. The molecule has 20 heavy (non-hydrogen) atoms. The van der Waals surface area contributed by atoms with E-state index in [0.717, 1.165) is 50.8 Å². The fourth-order valence-corrected chi connectivity index (χ4v) is 6.14. The van der Waals surface area contributed by atoms with Gasteiger partial charge in [0, 0.05) is 24.8 Å². The van der Waals surface area contributed by atoms with Crippen LogP contribution >= 0.6 is 0 Å². The summed E-state index contributed by atoms with van der Waals surface area (Å²) in [6, 6.07) is 0. The molecular formula is C16H29NO2S. The summed E-state index contributed by atoms with van der Waals surface area (Å²) in [6.07, 6.45) is 5.74. The van der Waals surface area contributed by atoms with Crippen molar-refractivity contribution >= 4 is 17.1 Å². The van der Waals surface area contributed by atoms with E-state index in [1.165, 1.54) is 0 Å². The van der Waals surface area contributed by atoms with Crippen molar-refractivity contribution in [2.24, 2.45) is 10.8 Å². The first-order valence-corrected chi connectivity index (χ1v) is 9.22. The normalized spacial score (nSPS) is 34.2. The van der Waals surface area contributed by atoms with Crippen LogP contribution in [-0.4, -0.2) is 27.5 Å². The quantitative estimate of drug-likeness (QED) is 0.793. The second kappa shape index (κ2) is 5.53. The second-order valence-electron chi connectivity index (χ2n) is 7.98. The fourth-order valence-electron chi connectivity index (χ4n) is 3.81. The number of carbonyl (C=O) groups excluding carboxylic acids is 1. The molecule has 0 aromatic heterocycles. The molecule has 3 saturated carbocycles. The number of hydrogen-bond acceptors (Lipinski definition) is 2. The van der Waals surface area contributed by atoms with Crippen molar-refractivity contribution in [3.8, 4) is 0 Å². The van der Waals surface area contributed by atoms with Crippen LogP contribution < -0.4 is 5.32 Å². The predicted octanol–water partition coefficient (Wildman–Crippen LogP) is 3.01. The van der Waals surface area contributed by atoms with E-state index in [4.69, 9.17) is 0 Å². The van der Waals surface area contributed by atoms with Gasteiger partial charge in [-0.25, -0.2) is 0 Å². The van der Waals surface area contributed by atoms with Crippen LogP contribution in [0.25, 0.3) is 0 Å². The Balaban J connectivity index is 1.99. The van der Waals surface area contributed by atoms with Gasteiger partial charge in [0.05, 0.1) is 5.41 Å². The zero-order valence-electron chi connectivity index (χ0n) is 13.4. The molecule has 3 aliphatic carbocycles. The van der Waals surface area contributed by atoms with Gasteiger partial charge in [-0.2, -0.15) is 0 Å². The molecule has 1 N–H and O–H groups in total. The molecule has 3 nitrogen and oxygen atoms in total. The highest BCUT2D eigenvalue weighted by Gasteiger charge is 2.67. The first-order valence-electron chi connectivity index (χ1n) is 7.90. The van der Waals surface area contributed by atoms with Gasteiger partial charge in [0.25, 0.3) is 0 Å². The summed E-state index contributed by atoms with van der Waals surface area (Å²) in [7, 11) is 0. The number of hydrogen-bond donors (Lipinski definition) is 1. The number of carbonyl (C=O) groups is 1. The average molecular weight is 299 g/mol. The minimum atomic E-state index is -0.804. The third-order valence-electron chi connectivity index (χ3n) is 4.67. The van der Waals surface area contributed by atoms with Gasteiger partial charge in [-0.3, -0.25) is 4.79 Å². The van der Waals surface area contributed by atoms with Crippen molar-refractivity contribution in [1.29, 1.82) is 0 Å². The van der Waals surface area contributed by atoms with Gasteiger partial charge in [-0.05, 0) is 36.9 Å². The molecule has 3 rings (SSSR count). The zero-order chi connectivity index (χ0) is 15.0. The van der Waals surface area contributed by atoms with E-state index in [2.05, 4.69) is 33.0 Å². The van der Waals surface area contributed by atoms with Crippen molar-refractivity contribution in [1.82, 2.24) is 5.32 Å². The Kier molecular flexibility index (Phi) is 4.46. The second-order valence-corrected chi connectivity index (χ2v) is 9.82. The van der Waals surface area contributed by atoms with Gasteiger partial charge < -0.3 is 9.87 Å². The largest absolute Gasteiger partial charge is 0.616 e. The maximum Gasteiger partial charge on any atom is 0.226 e. The van der Waals surface area contributed by atoms with Crippen LogP contribution in [0.3, 0.4) is 0 Å². The summed E-state index contributed by atoms with van der Waals surface area (Å²) in [4.78, 5) is 12.4. The van der Waals surface area contributed by atoms with Crippen LogP contribution in [0.2, 0.25) is 0 Å². The first kappa shape index (κ1) is 16.2. The molecule has 0 spiro atoms. The predicted molar refractivity (Wildman–Crippen MR) is 84.0 cm³/mol. The Labute approximate surface area is 126 Å². The molecule has 2 bridgehead atoms.